The molecule has 0 bridgehead atoms. The largest absolute Gasteiger partial charge is 0.444 e. The van der Waals surface area contributed by atoms with Gasteiger partial charge in [-0.3, -0.25) is 9.13 Å². The second-order valence-electron chi connectivity index (χ2n) is 20.0. The summed E-state index contributed by atoms with van der Waals surface area (Å²) >= 11 is 0. The minimum Gasteiger partial charge on any atom is -0.444 e. The molecule has 0 saturated carbocycles. The number of nitrogens with one attached hydrogen (secondary N) is 3. The number of anilines is 2. The fraction of sp³-hybridized carbons (Fsp3) is 0.316. The predicted molar refractivity (Wildman–Crippen MR) is 283 cm³/mol. The molecule has 8 aromatic rings. The number of benzene rings is 4. The third-order valence-electron chi connectivity index (χ3n) is 13.3. The second kappa shape index (κ2) is 22.3. The zero-order chi connectivity index (χ0) is 52.7. The first-order valence-electron chi connectivity index (χ1n) is 25.2. The molecule has 18 heteroatoms. The van der Waals surface area contributed by atoms with Crippen molar-refractivity contribution in [2.45, 2.75) is 89.2 Å². The van der Waals surface area contributed by atoms with Crippen LogP contribution in [0.3, 0.4) is 0 Å². The Labute approximate surface area is 435 Å². The number of rotatable bonds is 12. The Hall–Kier alpha value is -7.93. The molecule has 2 fully saturated rings. The molecule has 2 atom stereocenters. The molecular weight excluding hydrogens is 955 g/mol. The van der Waals surface area contributed by atoms with Gasteiger partial charge in [-0.25, -0.2) is 33.5 Å². The van der Waals surface area contributed by atoms with Crippen LogP contribution in [0.2, 0.25) is 0 Å². The standard InChI is InChI=1S/C31H35FN6O3.C26H27FN6O/c1-21(22-8-6-5-7-9-22)34-28-33-17-14-26(36-28)38-20-25(35-27(38)23-10-12-24(32)13-11-23)31(40)15-18-37(19-16-31)29(39)41-30(2,3)4;1-18(19-5-3-2-4-6-19)30-25-29-14-11-23(32-25)33-17-22(26(34)12-15-28-16-13-26)31-24(33)20-7-9-21(27)10-8-20/h5-14,17,20-21,40H,15-16,18-19H2,1-4H3,(H,33,34,36);2-11,14,17-18,28,34H,12-13,15-16H2,1H3,(H,29,30,32)/t21-;18-/m00/s1. The fourth-order valence-corrected chi connectivity index (χ4v) is 9.04. The molecule has 1 amide bonds. The van der Waals surface area contributed by atoms with Gasteiger partial charge in [-0.05, 0) is 145 Å². The molecule has 2 aliphatic rings. The van der Waals surface area contributed by atoms with Gasteiger partial charge in [-0.1, -0.05) is 60.7 Å². The van der Waals surface area contributed by atoms with Gasteiger partial charge in [0.05, 0.1) is 23.5 Å². The van der Waals surface area contributed by atoms with Crippen LogP contribution in [0.1, 0.15) is 94.9 Å². The average Bonchev–Trinajstić information content (AvgIpc) is 4.10. The van der Waals surface area contributed by atoms with Crippen LogP contribution in [0.4, 0.5) is 25.5 Å². The molecule has 2 aliphatic heterocycles. The van der Waals surface area contributed by atoms with E-state index in [-0.39, 0.29) is 36.6 Å². The summed E-state index contributed by atoms with van der Waals surface area (Å²) in [6.45, 7) is 11.6. The Morgan fingerprint density at radius 2 is 1.03 bits per heavy atom. The number of likely N-dealkylation sites (tertiary alicyclic amines) is 1. The highest BCUT2D eigenvalue weighted by Crippen LogP contribution is 2.37. The number of hydrogen-bond acceptors (Lipinski definition) is 13. The van der Waals surface area contributed by atoms with Crippen LogP contribution in [-0.4, -0.2) is 92.0 Å². The van der Waals surface area contributed by atoms with E-state index < -0.39 is 22.9 Å². The van der Waals surface area contributed by atoms with E-state index >= 15 is 0 Å². The van der Waals surface area contributed by atoms with Gasteiger partial charge in [0.1, 0.15) is 51.7 Å². The fourth-order valence-electron chi connectivity index (χ4n) is 9.04. The number of piperidine rings is 2. The maximum Gasteiger partial charge on any atom is 0.410 e. The second-order valence-corrected chi connectivity index (χ2v) is 20.0. The quantitative estimate of drug-likeness (QED) is 0.0777. The lowest BCUT2D eigenvalue weighted by Gasteiger charge is -2.37. The molecule has 10 rings (SSSR count). The van der Waals surface area contributed by atoms with E-state index in [1.165, 1.54) is 24.3 Å². The van der Waals surface area contributed by atoms with Crippen LogP contribution in [-0.2, 0) is 15.9 Å². The van der Waals surface area contributed by atoms with Crippen molar-refractivity contribution in [3.8, 4) is 34.4 Å². The number of aliphatic hydroxyl groups is 2. The SMILES string of the molecule is C[C@H](Nc1nccc(-n2cc(C3(O)CCN(C(=O)OC(C)(C)C)CC3)nc2-c2ccc(F)cc2)n1)c1ccccc1.C[C@H](Nc1nccc(-n2cc(C3(O)CCNCC3)nc2-c2ccc(F)cc2)n1)c1ccccc1. The van der Waals surface area contributed by atoms with Crippen LogP contribution in [0.5, 0.6) is 0 Å². The van der Waals surface area contributed by atoms with E-state index in [1.54, 1.807) is 64.5 Å². The van der Waals surface area contributed by atoms with Crippen molar-refractivity contribution in [3.05, 3.63) is 180 Å². The Bertz CT molecular complexity index is 3170. The maximum absolute atomic E-state index is 13.8. The zero-order valence-electron chi connectivity index (χ0n) is 42.7. The number of imidazole rings is 2. The van der Waals surface area contributed by atoms with Gasteiger partial charge in [-0.15, -0.1) is 0 Å². The monoisotopic (exact) mass is 1020 g/mol. The normalized spacial score (nSPS) is 16.0. The van der Waals surface area contributed by atoms with E-state index in [0.717, 1.165) is 16.7 Å². The molecule has 388 valence electrons. The van der Waals surface area contributed by atoms with Gasteiger partial charge < -0.3 is 35.8 Å². The number of nitrogens with zero attached hydrogens (tertiary/aromatic N) is 9. The number of hydrogen-bond donors (Lipinski definition) is 5. The van der Waals surface area contributed by atoms with E-state index in [9.17, 15) is 23.8 Å². The molecule has 6 heterocycles. The molecule has 2 saturated heterocycles. The summed E-state index contributed by atoms with van der Waals surface area (Å²) in [4.78, 5) is 42.1. The molecule has 4 aromatic carbocycles. The third-order valence-corrected chi connectivity index (χ3v) is 13.3. The van der Waals surface area contributed by atoms with Crippen LogP contribution in [0.25, 0.3) is 34.4 Å². The highest BCUT2D eigenvalue weighted by molar-refractivity contribution is 5.68. The predicted octanol–water partition coefficient (Wildman–Crippen LogP) is 10.1. The van der Waals surface area contributed by atoms with Crippen molar-refractivity contribution in [2.75, 3.05) is 36.8 Å². The first-order chi connectivity index (χ1) is 36.0. The topological polar surface area (TPSA) is 193 Å². The molecule has 0 spiro atoms. The Balaban J connectivity index is 0.000000187. The Morgan fingerprint density at radius 1 is 0.613 bits per heavy atom. The lowest BCUT2D eigenvalue weighted by Crippen LogP contribution is -2.47. The summed E-state index contributed by atoms with van der Waals surface area (Å²) in [6.07, 6.45) is 8.25. The van der Waals surface area contributed by atoms with Gasteiger partial charge in [0.2, 0.25) is 11.9 Å². The molecule has 75 heavy (non-hydrogen) atoms. The number of halogens is 2. The average molecular weight is 1020 g/mol. The molecule has 0 unspecified atom stereocenters. The number of carbonyl (C=O) groups is 1. The lowest BCUT2D eigenvalue weighted by molar-refractivity contribution is -0.0379. The highest BCUT2D eigenvalue weighted by atomic mass is 19.1. The smallest absolute Gasteiger partial charge is 0.410 e. The van der Waals surface area contributed by atoms with Crippen LogP contribution < -0.4 is 16.0 Å². The van der Waals surface area contributed by atoms with Crippen molar-refractivity contribution in [1.29, 1.82) is 0 Å². The van der Waals surface area contributed by atoms with Gasteiger partial charge in [0, 0.05) is 49.0 Å². The van der Waals surface area contributed by atoms with Gasteiger partial charge in [-0.2, -0.15) is 9.97 Å². The van der Waals surface area contributed by atoms with E-state index in [2.05, 4.69) is 45.0 Å². The van der Waals surface area contributed by atoms with Crippen molar-refractivity contribution < 1.29 is 28.5 Å². The van der Waals surface area contributed by atoms with Crippen molar-refractivity contribution in [3.63, 3.8) is 0 Å². The first kappa shape index (κ1) is 52.0. The van der Waals surface area contributed by atoms with E-state index in [4.69, 9.17) is 24.7 Å². The molecular formula is C57H62F2N12O4. The Kier molecular flexibility index (Phi) is 15.4. The van der Waals surface area contributed by atoms with Crippen molar-refractivity contribution in [1.82, 2.24) is 49.3 Å². The molecule has 0 radical (unpaired) electrons. The van der Waals surface area contributed by atoms with E-state index in [0.29, 0.717) is 91.2 Å². The van der Waals surface area contributed by atoms with Gasteiger partial charge in [0.15, 0.2) is 0 Å². The van der Waals surface area contributed by atoms with Crippen molar-refractivity contribution >= 4 is 18.0 Å². The summed E-state index contributed by atoms with van der Waals surface area (Å²) in [5.74, 6) is 2.47. The summed E-state index contributed by atoms with van der Waals surface area (Å²) in [7, 11) is 0. The summed E-state index contributed by atoms with van der Waals surface area (Å²) in [6, 6.07) is 35.8. The minimum absolute atomic E-state index is 0.0156. The molecule has 0 aliphatic carbocycles. The molecule has 4 aromatic heterocycles. The van der Waals surface area contributed by atoms with Crippen LogP contribution in [0, 0.1) is 11.6 Å². The third kappa shape index (κ3) is 12.5. The van der Waals surface area contributed by atoms with Crippen LogP contribution >= 0.6 is 0 Å². The maximum atomic E-state index is 13.8. The number of aromatic nitrogens is 8. The molecule has 16 nitrogen and oxygen atoms in total. The van der Waals surface area contributed by atoms with Gasteiger partial charge in [0.25, 0.3) is 0 Å². The van der Waals surface area contributed by atoms with Crippen molar-refractivity contribution in [2.24, 2.45) is 0 Å². The Morgan fingerprint density at radius 3 is 1.44 bits per heavy atom. The van der Waals surface area contributed by atoms with E-state index in [1.807, 2.05) is 87.0 Å². The van der Waals surface area contributed by atoms with Gasteiger partial charge >= 0.3 is 6.09 Å². The summed E-state index contributed by atoms with van der Waals surface area (Å²) < 4.78 is 36.5. The molecule has 5 N–H and O–H groups in total. The minimum atomic E-state index is -1.27. The number of ether oxygens (including phenoxy) is 1. The highest BCUT2D eigenvalue weighted by Gasteiger charge is 2.40. The summed E-state index contributed by atoms with van der Waals surface area (Å²) in [5.41, 5.74) is 1.76. The first-order valence-corrected chi connectivity index (χ1v) is 25.2. The zero-order valence-corrected chi connectivity index (χ0v) is 42.7. The summed E-state index contributed by atoms with van der Waals surface area (Å²) in [5, 5.41) is 33.0. The van der Waals surface area contributed by atoms with Crippen LogP contribution in [0.15, 0.2) is 146 Å². The lowest BCUT2D eigenvalue weighted by atomic mass is 9.89. The number of amides is 1. The number of carbonyl (C=O) groups excluding carboxylic acids is 1.